The normalized spacial score (nSPS) is 14.8. The number of fused-ring (bicyclic) bond motifs is 1. The first-order valence-electron chi connectivity index (χ1n) is 10.3. The van der Waals surface area contributed by atoms with Crippen LogP contribution in [0.5, 0.6) is 0 Å². The molecule has 2 amide bonds. The number of carbonyl (C=O) groups excluding carboxylic acids is 2. The maximum absolute atomic E-state index is 12.5. The predicted molar refractivity (Wildman–Crippen MR) is 113 cm³/mol. The Bertz CT molecular complexity index is 975. The number of hydrogen-bond donors (Lipinski definition) is 2. The van der Waals surface area contributed by atoms with Crippen molar-refractivity contribution in [2.75, 3.05) is 19.6 Å². The Hall–Kier alpha value is -3.15. The average Bonchev–Trinajstić information content (AvgIpc) is 3.21. The first kappa shape index (κ1) is 19.2. The van der Waals surface area contributed by atoms with Gasteiger partial charge in [-0.05, 0) is 55.0 Å². The van der Waals surface area contributed by atoms with Gasteiger partial charge in [-0.1, -0.05) is 18.2 Å². The molecule has 6 heteroatoms. The van der Waals surface area contributed by atoms with Crippen LogP contribution in [0.3, 0.4) is 0 Å². The molecule has 1 fully saturated rings. The van der Waals surface area contributed by atoms with Gasteiger partial charge in [0.15, 0.2) is 0 Å². The highest BCUT2D eigenvalue weighted by Crippen LogP contribution is 2.32. The number of amides is 2. The molecule has 1 aliphatic rings. The number of rotatable bonds is 6. The smallest absolute Gasteiger partial charge is 0.251 e. The molecule has 0 unspecified atom stereocenters. The van der Waals surface area contributed by atoms with Crippen LogP contribution >= 0.6 is 0 Å². The number of likely N-dealkylation sites (tertiary alicyclic amines) is 1. The third-order valence-corrected chi connectivity index (χ3v) is 5.66. The number of aromatic amines is 1. The van der Waals surface area contributed by atoms with E-state index in [1.54, 1.807) is 18.3 Å². The van der Waals surface area contributed by atoms with E-state index in [9.17, 15) is 9.59 Å². The number of H-pyrrole nitrogens is 1. The van der Waals surface area contributed by atoms with Gasteiger partial charge in [0.05, 0.1) is 0 Å². The number of hydrogen-bond acceptors (Lipinski definition) is 3. The minimum Gasteiger partial charge on any atom is -0.352 e. The molecule has 3 heterocycles. The van der Waals surface area contributed by atoms with Crippen molar-refractivity contribution in [2.24, 2.45) is 0 Å². The van der Waals surface area contributed by atoms with E-state index in [2.05, 4.69) is 27.5 Å². The molecule has 0 bridgehead atoms. The Morgan fingerprint density at radius 2 is 1.90 bits per heavy atom. The molecule has 1 saturated heterocycles. The van der Waals surface area contributed by atoms with Crippen LogP contribution in [-0.2, 0) is 4.79 Å². The van der Waals surface area contributed by atoms with E-state index in [0.29, 0.717) is 30.9 Å². The lowest BCUT2D eigenvalue weighted by molar-refractivity contribution is -0.132. The predicted octanol–water partition coefficient (Wildman–Crippen LogP) is 3.48. The van der Waals surface area contributed by atoms with Crippen molar-refractivity contribution in [3.63, 3.8) is 0 Å². The van der Waals surface area contributed by atoms with Gasteiger partial charge in [-0.25, -0.2) is 4.98 Å². The molecule has 0 spiro atoms. The third kappa shape index (κ3) is 4.47. The summed E-state index contributed by atoms with van der Waals surface area (Å²) < 4.78 is 0. The van der Waals surface area contributed by atoms with Gasteiger partial charge in [0.25, 0.3) is 5.91 Å². The van der Waals surface area contributed by atoms with Gasteiger partial charge >= 0.3 is 0 Å². The summed E-state index contributed by atoms with van der Waals surface area (Å²) in [5, 5.41) is 4.07. The molecule has 2 N–H and O–H groups in total. The molecular weight excluding hydrogens is 364 g/mol. The highest BCUT2D eigenvalue weighted by molar-refractivity contribution is 5.94. The SMILES string of the molecule is O=C(NCCCC(=O)N1CCC(c2c[nH]c3ncccc23)CC1)c1ccccc1. The van der Waals surface area contributed by atoms with Crippen LogP contribution in [0.15, 0.2) is 54.9 Å². The lowest BCUT2D eigenvalue weighted by Gasteiger charge is -2.32. The van der Waals surface area contributed by atoms with Gasteiger partial charge in [0, 0.05) is 49.4 Å². The number of pyridine rings is 1. The molecule has 3 aromatic rings. The Morgan fingerprint density at radius 3 is 2.69 bits per heavy atom. The highest BCUT2D eigenvalue weighted by Gasteiger charge is 2.25. The zero-order valence-corrected chi connectivity index (χ0v) is 16.4. The number of aromatic nitrogens is 2. The summed E-state index contributed by atoms with van der Waals surface area (Å²) in [6.45, 7) is 2.08. The maximum atomic E-state index is 12.5. The average molecular weight is 390 g/mol. The summed E-state index contributed by atoms with van der Waals surface area (Å²) in [6, 6.07) is 13.2. The standard InChI is InChI=1S/C23H26N4O2/c28-21(9-5-13-25-23(29)18-6-2-1-3-7-18)27-14-10-17(11-15-27)20-16-26-22-19(20)8-4-12-24-22/h1-4,6-8,12,16-17H,5,9-11,13-15H2,(H,24,26)(H,25,29). The Balaban J connectivity index is 1.21. The van der Waals surface area contributed by atoms with E-state index in [1.807, 2.05) is 29.2 Å². The van der Waals surface area contributed by atoms with Gasteiger partial charge < -0.3 is 15.2 Å². The molecule has 150 valence electrons. The minimum absolute atomic E-state index is 0.0907. The molecule has 29 heavy (non-hydrogen) atoms. The number of nitrogens with zero attached hydrogens (tertiary/aromatic N) is 2. The molecule has 0 aliphatic carbocycles. The van der Waals surface area contributed by atoms with Crippen LogP contribution in [0, 0.1) is 0 Å². The van der Waals surface area contributed by atoms with E-state index < -0.39 is 0 Å². The monoisotopic (exact) mass is 390 g/mol. The number of benzene rings is 1. The summed E-state index contributed by atoms with van der Waals surface area (Å²) in [4.78, 5) is 34.1. The zero-order valence-electron chi connectivity index (χ0n) is 16.4. The molecule has 2 aromatic heterocycles. The van der Waals surface area contributed by atoms with Crippen LogP contribution in [0.25, 0.3) is 11.0 Å². The molecule has 0 saturated carbocycles. The summed E-state index contributed by atoms with van der Waals surface area (Å²) in [6.07, 6.45) is 6.93. The van der Waals surface area contributed by atoms with Crippen molar-refractivity contribution in [2.45, 2.75) is 31.6 Å². The molecule has 4 rings (SSSR count). The Labute approximate surface area is 170 Å². The first-order valence-corrected chi connectivity index (χ1v) is 10.3. The van der Waals surface area contributed by atoms with Crippen LogP contribution in [0.1, 0.15) is 47.5 Å². The molecule has 0 atom stereocenters. The summed E-state index contributed by atoms with van der Waals surface area (Å²) in [7, 11) is 0. The van der Waals surface area contributed by atoms with Gasteiger partial charge in [-0.3, -0.25) is 9.59 Å². The van der Waals surface area contributed by atoms with Crippen molar-refractivity contribution in [1.29, 1.82) is 0 Å². The molecule has 6 nitrogen and oxygen atoms in total. The fourth-order valence-corrected chi connectivity index (χ4v) is 4.05. The highest BCUT2D eigenvalue weighted by atomic mass is 16.2. The fraction of sp³-hybridized carbons (Fsp3) is 0.348. The van der Waals surface area contributed by atoms with Crippen molar-refractivity contribution in [1.82, 2.24) is 20.2 Å². The van der Waals surface area contributed by atoms with Crippen LogP contribution < -0.4 is 5.32 Å². The summed E-state index contributed by atoms with van der Waals surface area (Å²) >= 11 is 0. The topological polar surface area (TPSA) is 78.1 Å². The third-order valence-electron chi connectivity index (χ3n) is 5.66. The molecule has 1 aromatic carbocycles. The van der Waals surface area contributed by atoms with Crippen molar-refractivity contribution in [3.05, 3.63) is 66.0 Å². The second-order valence-electron chi connectivity index (χ2n) is 7.52. The van der Waals surface area contributed by atoms with Gasteiger partial charge in [-0.15, -0.1) is 0 Å². The molecular formula is C23H26N4O2. The fourth-order valence-electron chi connectivity index (χ4n) is 4.05. The van der Waals surface area contributed by atoms with E-state index in [-0.39, 0.29) is 11.8 Å². The van der Waals surface area contributed by atoms with Crippen LogP contribution in [0.2, 0.25) is 0 Å². The quantitative estimate of drug-likeness (QED) is 0.633. The lowest BCUT2D eigenvalue weighted by atomic mass is 9.89. The zero-order chi connectivity index (χ0) is 20.1. The van der Waals surface area contributed by atoms with E-state index in [0.717, 1.165) is 31.6 Å². The van der Waals surface area contributed by atoms with Crippen molar-refractivity contribution >= 4 is 22.8 Å². The maximum Gasteiger partial charge on any atom is 0.251 e. The number of nitrogens with one attached hydrogen (secondary N) is 2. The van der Waals surface area contributed by atoms with Crippen LogP contribution in [-0.4, -0.2) is 46.3 Å². The van der Waals surface area contributed by atoms with Gasteiger partial charge in [0.2, 0.25) is 5.91 Å². The minimum atomic E-state index is -0.0907. The lowest BCUT2D eigenvalue weighted by Crippen LogP contribution is -2.38. The number of carbonyl (C=O) groups is 2. The second kappa shape index (κ2) is 8.90. The van der Waals surface area contributed by atoms with E-state index in [4.69, 9.17) is 0 Å². The van der Waals surface area contributed by atoms with Gasteiger partial charge in [-0.2, -0.15) is 0 Å². The summed E-state index contributed by atoms with van der Waals surface area (Å²) in [5.41, 5.74) is 2.88. The molecule has 1 aliphatic heterocycles. The Kier molecular flexibility index (Phi) is 5.89. The van der Waals surface area contributed by atoms with Crippen molar-refractivity contribution < 1.29 is 9.59 Å². The first-order chi connectivity index (χ1) is 14.2. The Morgan fingerprint density at radius 1 is 1.10 bits per heavy atom. The summed E-state index contributed by atoms with van der Waals surface area (Å²) in [5.74, 6) is 0.548. The van der Waals surface area contributed by atoms with Gasteiger partial charge in [0.1, 0.15) is 5.65 Å². The van der Waals surface area contributed by atoms with E-state index >= 15 is 0 Å². The molecule has 0 radical (unpaired) electrons. The van der Waals surface area contributed by atoms with E-state index in [1.165, 1.54) is 10.9 Å². The van der Waals surface area contributed by atoms with Crippen molar-refractivity contribution in [3.8, 4) is 0 Å². The second-order valence-corrected chi connectivity index (χ2v) is 7.52. The van der Waals surface area contributed by atoms with Crippen LogP contribution in [0.4, 0.5) is 0 Å². The largest absolute Gasteiger partial charge is 0.352 e. The number of piperidine rings is 1.